The van der Waals surface area contributed by atoms with Crippen molar-refractivity contribution in [2.75, 3.05) is 38.2 Å². The molecule has 2 heterocycles. The van der Waals surface area contributed by atoms with Gasteiger partial charge in [0.2, 0.25) is 5.91 Å². The highest BCUT2D eigenvalue weighted by Crippen LogP contribution is 2.32. The average molecular weight is 425 g/mol. The maximum atomic E-state index is 12.9. The first-order valence-corrected chi connectivity index (χ1v) is 10.8. The van der Waals surface area contributed by atoms with E-state index in [0.29, 0.717) is 30.0 Å². The fraction of sp³-hybridized carbons (Fsp3) is 0.318. The van der Waals surface area contributed by atoms with Crippen molar-refractivity contribution in [2.24, 2.45) is 0 Å². The Morgan fingerprint density at radius 3 is 2.47 bits per heavy atom. The molecular formula is C22H24N4O3S. The van der Waals surface area contributed by atoms with Crippen molar-refractivity contribution in [1.29, 1.82) is 0 Å². The standard InChI is InChI=1S/C22H24N4O3S/c1-16(21(27)26-14-12-25(13-15-26)17-8-4-3-5-9-17)30-22-24-23-20(29-22)18-10-6-7-11-19(18)28-2/h3-11,16H,12-15H2,1-2H3. The van der Waals surface area contributed by atoms with Gasteiger partial charge in [0.15, 0.2) is 0 Å². The van der Waals surface area contributed by atoms with Gasteiger partial charge in [-0.15, -0.1) is 10.2 Å². The number of carbonyl (C=O) groups excluding carboxylic acids is 1. The molecule has 8 heteroatoms. The Bertz CT molecular complexity index is 987. The minimum absolute atomic E-state index is 0.0877. The highest BCUT2D eigenvalue weighted by molar-refractivity contribution is 8.00. The molecule has 1 fully saturated rings. The number of anilines is 1. The smallest absolute Gasteiger partial charge is 0.277 e. The molecule has 0 radical (unpaired) electrons. The lowest BCUT2D eigenvalue weighted by Gasteiger charge is -2.37. The molecule has 2 aromatic carbocycles. The predicted octanol–water partition coefficient (Wildman–Crippen LogP) is 3.57. The summed E-state index contributed by atoms with van der Waals surface area (Å²) in [6.07, 6.45) is 0. The molecule has 1 aliphatic heterocycles. The summed E-state index contributed by atoms with van der Waals surface area (Å²) in [5.74, 6) is 1.13. The number of rotatable bonds is 6. The summed E-state index contributed by atoms with van der Waals surface area (Å²) in [5, 5.41) is 8.28. The number of piperazine rings is 1. The van der Waals surface area contributed by atoms with E-state index in [9.17, 15) is 4.79 Å². The summed E-state index contributed by atoms with van der Waals surface area (Å²) < 4.78 is 11.1. The van der Waals surface area contributed by atoms with Gasteiger partial charge in [-0.2, -0.15) is 0 Å². The first kappa shape index (κ1) is 20.3. The topological polar surface area (TPSA) is 71.7 Å². The summed E-state index contributed by atoms with van der Waals surface area (Å²) in [4.78, 5) is 17.1. The Morgan fingerprint density at radius 2 is 1.73 bits per heavy atom. The van der Waals surface area contributed by atoms with Crippen LogP contribution in [0.5, 0.6) is 5.75 Å². The molecule has 0 saturated carbocycles. The van der Waals surface area contributed by atoms with Crippen molar-refractivity contribution in [2.45, 2.75) is 17.4 Å². The molecule has 0 spiro atoms. The van der Waals surface area contributed by atoms with Crippen LogP contribution in [0.25, 0.3) is 11.5 Å². The first-order valence-electron chi connectivity index (χ1n) is 9.88. The number of para-hydroxylation sites is 2. The number of nitrogens with zero attached hydrogens (tertiary/aromatic N) is 4. The number of benzene rings is 2. The largest absolute Gasteiger partial charge is 0.496 e. The molecule has 1 atom stereocenters. The Balaban J connectivity index is 1.35. The highest BCUT2D eigenvalue weighted by atomic mass is 32.2. The van der Waals surface area contributed by atoms with E-state index in [1.165, 1.54) is 17.4 Å². The van der Waals surface area contributed by atoms with Crippen LogP contribution in [-0.4, -0.2) is 59.5 Å². The van der Waals surface area contributed by atoms with Crippen LogP contribution in [0, 0.1) is 0 Å². The van der Waals surface area contributed by atoms with Gasteiger partial charge in [0, 0.05) is 31.9 Å². The number of hydrogen-bond acceptors (Lipinski definition) is 7. The molecule has 1 amide bonds. The SMILES string of the molecule is COc1ccccc1-c1nnc(SC(C)C(=O)N2CCN(c3ccccc3)CC2)o1. The maximum absolute atomic E-state index is 12.9. The number of carbonyl (C=O) groups is 1. The van der Waals surface area contributed by atoms with E-state index in [4.69, 9.17) is 9.15 Å². The zero-order chi connectivity index (χ0) is 20.9. The van der Waals surface area contributed by atoms with E-state index in [1.807, 2.05) is 54.3 Å². The molecule has 30 heavy (non-hydrogen) atoms. The van der Waals surface area contributed by atoms with Crippen LogP contribution in [0.1, 0.15) is 6.92 Å². The van der Waals surface area contributed by atoms with Gasteiger partial charge in [-0.1, -0.05) is 42.1 Å². The van der Waals surface area contributed by atoms with Crippen molar-refractivity contribution in [3.63, 3.8) is 0 Å². The van der Waals surface area contributed by atoms with Gasteiger partial charge in [0.1, 0.15) is 5.75 Å². The number of ether oxygens (including phenoxy) is 1. The van der Waals surface area contributed by atoms with Gasteiger partial charge in [0.25, 0.3) is 11.1 Å². The van der Waals surface area contributed by atoms with Crippen molar-refractivity contribution in [1.82, 2.24) is 15.1 Å². The Hall–Kier alpha value is -3.00. The fourth-order valence-corrected chi connectivity index (χ4v) is 4.24. The van der Waals surface area contributed by atoms with Crippen LogP contribution in [0.3, 0.4) is 0 Å². The molecule has 1 aliphatic rings. The van der Waals surface area contributed by atoms with E-state index in [-0.39, 0.29) is 11.2 Å². The Morgan fingerprint density at radius 1 is 1.03 bits per heavy atom. The summed E-state index contributed by atoms with van der Waals surface area (Å²) in [6, 6.07) is 17.8. The monoisotopic (exact) mass is 424 g/mol. The van der Waals surface area contributed by atoms with Crippen LogP contribution >= 0.6 is 11.8 Å². The number of thioether (sulfide) groups is 1. The van der Waals surface area contributed by atoms with Crippen molar-refractivity contribution in [3.05, 3.63) is 54.6 Å². The summed E-state index contributed by atoms with van der Waals surface area (Å²) in [7, 11) is 1.60. The van der Waals surface area contributed by atoms with Crippen LogP contribution in [0.15, 0.2) is 64.2 Å². The number of hydrogen-bond donors (Lipinski definition) is 0. The second kappa shape index (κ2) is 9.21. The minimum atomic E-state index is -0.306. The zero-order valence-electron chi connectivity index (χ0n) is 17.0. The van der Waals surface area contributed by atoms with Crippen LogP contribution in [-0.2, 0) is 4.79 Å². The fourth-order valence-electron chi connectivity index (χ4n) is 3.47. The Kier molecular flexibility index (Phi) is 6.23. The van der Waals surface area contributed by atoms with Crippen LogP contribution < -0.4 is 9.64 Å². The lowest BCUT2D eigenvalue weighted by Crippen LogP contribution is -2.50. The van der Waals surface area contributed by atoms with E-state index in [0.717, 1.165) is 18.7 Å². The molecule has 4 rings (SSSR count). The molecule has 1 unspecified atom stereocenters. The number of methoxy groups -OCH3 is 1. The van der Waals surface area contributed by atoms with Gasteiger partial charge in [0.05, 0.1) is 17.9 Å². The van der Waals surface area contributed by atoms with Crippen molar-refractivity contribution in [3.8, 4) is 17.2 Å². The third kappa shape index (κ3) is 4.43. The summed E-state index contributed by atoms with van der Waals surface area (Å²) in [5.41, 5.74) is 1.93. The summed E-state index contributed by atoms with van der Waals surface area (Å²) in [6.45, 7) is 4.94. The number of aromatic nitrogens is 2. The molecule has 0 bridgehead atoms. The van der Waals surface area contributed by atoms with Crippen molar-refractivity contribution < 1.29 is 13.9 Å². The maximum Gasteiger partial charge on any atom is 0.277 e. The van der Waals surface area contributed by atoms with Crippen LogP contribution in [0.2, 0.25) is 0 Å². The highest BCUT2D eigenvalue weighted by Gasteiger charge is 2.27. The second-order valence-electron chi connectivity index (χ2n) is 6.98. The van der Waals surface area contributed by atoms with Gasteiger partial charge in [-0.05, 0) is 31.2 Å². The normalized spacial score (nSPS) is 15.1. The lowest BCUT2D eigenvalue weighted by molar-refractivity contribution is -0.130. The van der Waals surface area contributed by atoms with Crippen molar-refractivity contribution >= 4 is 23.4 Å². The quantitative estimate of drug-likeness (QED) is 0.560. The Labute approximate surface area is 180 Å². The molecular weight excluding hydrogens is 400 g/mol. The van der Waals surface area contributed by atoms with E-state index < -0.39 is 0 Å². The van der Waals surface area contributed by atoms with E-state index in [2.05, 4.69) is 27.2 Å². The lowest BCUT2D eigenvalue weighted by atomic mass is 10.2. The first-order chi connectivity index (χ1) is 14.7. The minimum Gasteiger partial charge on any atom is -0.496 e. The molecule has 3 aromatic rings. The average Bonchev–Trinajstić information content (AvgIpc) is 3.27. The van der Waals surface area contributed by atoms with Gasteiger partial charge in [-0.25, -0.2) is 0 Å². The molecule has 7 nitrogen and oxygen atoms in total. The van der Waals surface area contributed by atoms with Gasteiger partial charge in [-0.3, -0.25) is 4.79 Å². The third-order valence-corrected chi connectivity index (χ3v) is 6.00. The summed E-state index contributed by atoms with van der Waals surface area (Å²) >= 11 is 1.29. The molecule has 156 valence electrons. The molecule has 0 aliphatic carbocycles. The van der Waals surface area contributed by atoms with E-state index >= 15 is 0 Å². The molecule has 1 aromatic heterocycles. The number of amides is 1. The molecule has 0 N–H and O–H groups in total. The van der Waals surface area contributed by atoms with Gasteiger partial charge >= 0.3 is 0 Å². The third-order valence-electron chi connectivity index (χ3n) is 5.08. The molecule has 1 saturated heterocycles. The van der Waals surface area contributed by atoms with Gasteiger partial charge < -0.3 is 19.0 Å². The zero-order valence-corrected chi connectivity index (χ0v) is 17.8. The van der Waals surface area contributed by atoms with Crippen LogP contribution in [0.4, 0.5) is 5.69 Å². The van der Waals surface area contributed by atoms with E-state index in [1.54, 1.807) is 7.11 Å². The predicted molar refractivity (Wildman–Crippen MR) is 117 cm³/mol. The second-order valence-corrected chi connectivity index (χ2v) is 8.27.